The number of nitrogens with zero attached hydrogens (tertiary/aromatic N) is 3. The number of carbonyl (C=O) groups is 2. The highest BCUT2D eigenvalue weighted by Crippen LogP contribution is 2.31. The van der Waals surface area contributed by atoms with Gasteiger partial charge in [0.2, 0.25) is 21.8 Å². The number of benzene rings is 2. The number of hydrogen-bond donors (Lipinski definition) is 0. The molecule has 0 unspecified atom stereocenters. The molecule has 34 heavy (non-hydrogen) atoms. The van der Waals surface area contributed by atoms with Gasteiger partial charge in [-0.3, -0.25) is 9.59 Å². The number of fused-ring (bicyclic) bond motifs is 2. The fourth-order valence-corrected chi connectivity index (χ4v) is 6.40. The van der Waals surface area contributed by atoms with Crippen LogP contribution in [0.4, 0.5) is 5.69 Å². The molecule has 1 saturated heterocycles. The molecule has 0 saturated carbocycles. The summed E-state index contributed by atoms with van der Waals surface area (Å²) in [4.78, 5) is 29.7. The Morgan fingerprint density at radius 1 is 0.912 bits per heavy atom. The minimum absolute atomic E-state index is 0.0381. The molecule has 3 heterocycles. The molecule has 2 amide bonds. The number of ether oxygens (including phenoxy) is 1. The van der Waals surface area contributed by atoms with Gasteiger partial charge in [0.1, 0.15) is 6.54 Å². The first kappa shape index (κ1) is 23.0. The number of amides is 2. The van der Waals surface area contributed by atoms with Crippen molar-refractivity contribution in [3.8, 4) is 0 Å². The number of rotatable bonds is 4. The average molecular weight is 484 g/mol. The zero-order valence-corrected chi connectivity index (χ0v) is 19.9. The Morgan fingerprint density at radius 3 is 2.47 bits per heavy atom. The van der Waals surface area contributed by atoms with Gasteiger partial charge in [-0.05, 0) is 54.2 Å². The first-order chi connectivity index (χ1) is 16.4. The highest BCUT2D eigenvalue weighted by atomic mass is 32.2. The van der Waals surface area contributed by atoms with E-state index >= 15 is 0 Å². The van der Waals surface area contributed by atoms with Gasteiger partial charge in [-0.15, -0.1) is 0 Å². The van der Waals surface area contributed by atoms with Gasteiger partial charge in [0.05, 0.1) is 18.1 Å². The number of anilines is 1. The summed E-state index contributed by atoms with van der Waals surface area (Å²) in [5, 5.41) is 0. The molecule has 0 aliphatic carbocycles. The van der Waals surface area contributed by atoms with Crippen molar-refractivity contribution in [3.63, 3.8) is 0 Å². The van der Waals surface area contributed by atoms with Gasteiger partial charge in [0, 0.05) is 38.3 Å². The van der Waals surface area contributed by atoms with Crippen molar-refractivity contribution in [2.24, 2.45) is 0 Å². The van der Waals surface area contributed by atoms with Crippen molar-refractivity contribution < 1.29 is 22.7 Å². The summed E-state index contributed by atoms with van der Waals surface area (Å²) in [6.45, 7) is 2.56. The second-order valence-electron chi connectivity index (χ2n) is 8.97. The van der Waals surface area contributed by atoms with E-state index < -0.39 is 10.0 Å². The van der Waals surface area contributed by atoms with Gasteiger partial charge in [0.25, 0.3) is 0 Å². The van der Waals surface area contributed by atoms with Gasteiger partial charge < -0.3 is 14.5 Å². The van der Waals surface area contributed by atoms with E-state index in [2.05, 4.69) is 6.07 Å². The van der Waals surface area contributed by atoms with Gasteiger partial charge in [-0.2, -0.15) is 4.31 Å². The van der Waals surface area contributed by atoms with E-state index in [4.69, 9.17) is 4.74 Å². The normalized spacial score (nSPS) is 19.4. The molecule has 0 spiro atoms. The second-order valence-corrected chi connectivity index (χ2v) is 10.9. The van der Waals surface area contributed by atoms with Crippen LogP contribution in [0.2, 0.25) is 0 Å². The molecule has 2 aromatic carbocycles. The summed E-state index contributed by atoms with van der Waals surface area (Å²) >= 11 is 0. The van der Waals surface area contributed by atoms with Crippen LogP contribution < -0.4 is 4.90 Å². The van der Waals surface area contributed by atoms with Crippen LogP contribution in [0.3, 0.4) is 0 Å². The zero-order chi connectivity index (χ0) is 23.7. The van der Waals surface area contributed by atoms with Crippen LogP contribution in [0, 0.1) is 0 Å². The Hall–Kier alpha value is -2.75. The first-order valence-corrected chi connectivity index (χ1v) is 13.2. The number of carbonyl (C=O) groups excluding carboxylic acids is 2. The summed E-state index contributed by atoms with van der Waals surface area (Å²) in [5.74, 6) is -0.200. The molecular weight excluding hydrogens is 454 g/mol. The van der Waals surface area contributed by atoms with Crippen LogP contribution >= 0.6 is 0 Å². The molecule has 3 aliphatic heterocycles. The monoisotopic (exact) mass is 483 g/mol. The molecule has 0 aromatic heterocycles. The molecule has 9 heteroatoms. The quantitative estimate of drug-likeness (QED) is 0.664. The van der Waals surface area contributed by atoms with Crippen molar-refractivity contribution in [3.05, 3.63) is 59.2 Å². The van der Waals surface area contributed by atoms with Gasteiger partial charge in [0.15, 0.2) is 0 Å². The van der Waals surface area contributed by atoms with E-state index in [0.717, 1.165) is 17.5 Å². The Bertz CT molecular complexity index is 1210. The van der Waals surface area contributed by atoms with Gasteiger partial charge in [-0.1, -0.05) is 24.3 Å². The second kappa shape index (κ2) is 9.48. The zero-order valence-electron chi connectivity index (χ0n) is 19.1. The Morgan fingerprint density at radius 2 is 1.68 bits per heavy atom. The number of aryl methyl sites for hydroxylation is 1. The maximum atomic E-state index is 13.2. The van der Waals surface area contributed by atoms with E-state index in [-0.39, 0.29) is 23.3 Å². The molecule has 5 rings (SSSR count). The lowest BCUT2D eigenvalue weighted by Gasteiger charge is -2.31. The van der Waals surface area contributed by atoms with Crippen LogP contribution in [-0.2, 0) is 43.7 Å². The highest BCUT2D eigenvalue weighted by Gasteiger charge is 2.31. The summed E-state index contributed by atoms with van der Waals surface area (Å²) in [6.07, 6.45) is 2.34. The standard InChI is InChI=1S/C25H29N3O5S/c29-24-7-3-6-20-16-22(34(31,32)27-12-14-33-15-13-27)8-9-23(20)28(24)18-25(30)26-11-10-19-4-1-2-5-21(19)17-26/h1-2,4-5,8-9,16H,3,6-7,10-15,17-18H2. The molecule has 8 nitrogen and oxygen atoms in total. The van der Waals surface area contributed by atoms with E-state index in [9.17, 15) is 18.0 Å². The van der Waals surface area contributed by atoms with Crippen molar-refractivity contribution in [2.45, 2.75) is 37.1 Å². The molecule has 0 bridgehead atoms. The van der Waals surface area contributed by atoms with Crippen LogP contribution in [0.15, 0.2) is 47.4 Å². The maximum absolute atomic E-state index is 13.2. The van der Waals surface area contributed by atoms with Gasteiger partial charge in [-0.25, -0.2) is 8.42 Å². The largest absolute Gasteiger partial charge is 0.379 e. The Labute approximate surface area is 200 Å². The summed E-state index contributed by atoms with van der Waals surface area (Å²) in [5.41, 5.74) is 3.82. The van der Waals surface area contributed by atoms with Crippen molar-refractivity contribution >= 4 is 27.5 Å². The molecule has 0 atom stereocenters. The minimum atomic E-state index is -3.63. The fourth-order valence-electron chi connectivity index (χ4n) is 4.94. The number of morpholine rings is 1. The van der Waals surface area contributed by atoms with Crippen molar-refractivity contribution in [1.29, 1.82) is 0 Å². The molecular formula is C25H29N3O5S. The minimum Gasteiger partial charge on any atom is -0.379 e. The Balaban J connectivity index is 1.38. The molecule has 1 fully saturated rings. The van der Waals surface area contributed by atoms with Crippen LogP contribution in [-0.4, -0.2) is 68.8 Å². The third-order valence-corrected chi connectivity index (χ3v) is 8.76. The van der Waals surface area contributed by atoms with E-state index in [1.54, 1.807) is 23.1 Å². The number of sulfonamides is 1. The van der Waals surface area contributed by atoms with Crippen molar-refractivity contribution in [2.75, 3.05) is 44.3 Å². The lowest BCUT2D eigenvalue weighted by Crippen LogP contribution is -2.44. The molecule has 0 radical (unpaired) electrons. The SMILES string of the molecule is O=C(CN1C(=O)CCCc2cc(S(=O)(=O)N3CCOCC3)ccc21)N1CCc2ccccc2C1. The Kier molecular flexibility index (Phi) is 6.42. The van der Waals surface area contributed by atoms with E-state index in [0.29, 0.717) is 64.3 Å². The molecule has 3 aliphatic rings. The highest BCUT2D eigenvalue weighted by molar-refractivity contribution is 7.89. The predicted octanol–water partition coefficient (Wildman–Crippen LogP) is 1.96. The van der Waals surface area contributed by atoms with E-state index in [1.807, 2.05) is 18.2 Å². The van der Waals surface area contributed by atoms with Crippen LogP contribution in [0.5, 0.6) is 0 Å². The predicted molar refractivity (Wildman–Crippen MR) is 127 cm³/mol. The van der Waals surface area contributed by atoms with Crippen LogP contribution in [0.1, 0.15) is 29.5 Å². The third-order valence-electron chi connectivity index (χ3n) is 6.86. The van der Waals surface area contributed by atoms with Crippen molar-refractivity contribution in [1.82, 2.24) is 9.21 Å². The number of hydrogen-bond acceptors (Lipinski definition) is 5. The van der Waals surface area contributed by atoms with Gasteiger partial charge >= 0.3 is 0 Å². The summed E-state index contributed by atoms with van der Waals surface area (Å²) < 4.78 is 33.0. The molecule has 180 valence electrons. The van der Waals surface area contributed by atoms with Crippen LogP contribution in [0.25, 0.3) is 0 Å². The smallest absolute Gasteiger partial charge is 0.243 e. The molecule has 2 aromatic rings. The fraction of sp³-hybridized carbons (Fsp3) is 0.440. The summed E-state index contributed by atoms with van der Waals surface area (Å²) in [6, 6.07) is 13.0. The summed E-state index contributed by atoms with van der Waals surface area (Å²) in [7, 11) is -3.63. The first-order valence-electron chi connectivity index (χ1n) is 11.8. The third kappa shape index (κ3) is 4.47. The lowest BCUT2D eigenvalue weighted by atomic mass is 10.00. The topological polar surface area (TPSA) is 87.2 Å². The average Bonchev–Trinajstić information content (AvgIpc) is 3.02. The van der Waals surface area contributed by atoms with E-state index in [1.165, 1.54) is 14.8 Å². The maximum Gasteiger partial charge on any atom is 0.243 e. The molecule has 0 N–H and O–H groups in total. The lowest BCUT2D eigenvalue weighted by molar-refractivity contribution is -0.132.